The van der Waals surface area contributed by atoms with Crippen molar-refractivity contribution in [3.63, 3.8) is 0 Å². The molecule has 0 amide bonds. The number of carboxylic acid groups (broad SMARTS) is 1. The predicted octanol–water partition coefficient (Wildman–Crippen LogP) is 8.17. The fraction of sp³-hybridized carbons (Fsp3) is 0.692. The summed E-state index contributed by atoms with van der Waals surface area (Å²) >= 11 is 0. The first-order chi connectivity index (χ1) is 20.9. The van der Waals surface area contributed by atoms with Crippen LogP contribution in [0.2, 0.25) is 0 Å². The molecule has 0 saturated heterocycles. The number of carbonyl (C=O) groups is 2. The number of aliphatic hydroxyl groups excluding tert-OH is 1. The van der Waals surface area contributed by atoms with Crippen molar-refractivity contribution in [2.75, 3.05) is 0 Å². The van der Waals surface area contributed by atoms with Crippen LogP contribution in [0.3, 0.4) is 0 Å². The minimum Gasteiger partial charge on any atom is -0.508 e. The molecule has 6 rings (SSSR count). The molecule has 1 aromatic rings. The lowest BCUT2D eigenvalue weighted by molar-refractivity contribution is -0.238. The summed E-state index contributed by atoms with van der Waals surface area (Å²) in [5, 5.41) is 31.9. The van der Waals surface area contributed by atoms with Crippen LogP contribution in [0.25, 0.3) is 6.08 Å². The van der Waals surface area contributed by atoms with Crippen LogP contribution in [-0.2, 0) is 14.3 Å². The highest BCUT2D eigenvalue weighted by Gasteiger charge is 2.70. The number of aliphatic carboxylic acids is 1. The summed E-state index contributed by atoms with van der Waals surface area (Å²) in [4.78, 5) is 26.0. The Morgan fingerprint density at radius 2 is 1.56 bits per heavy atom. The van der Waals surface area contributed by atoms with E-state index < -0.39 is 35.0 Å². The lowest BCUT2D eigenvalue weighted by Crippen LogP contribution is -2.67. The van der Waals surface area contributed by atoms with Gasteiger partial charge in [-0.2, -0.15) is 0 Å². The van der Waals surface area contributed by atoms with Crippen molar-refractivity contribution in [3.8, 4) is 5.75 Å². The van der Waals surface area contributed by atoms with Crippen molar-refractivity contribution < 1.29 is 29.6 Å². The van der Waals surface area contributed by atoms with Gasteiger partial charge in [-0.05, 0) is 121 Å². The van der Waals surface area contributed by atoms with E-state index in [1.807, 2.05) is 0 Å². The lowest BCUT2D eigenvalue weighted by Gasteiger charge is -2.71. The zero-order valence-corrected chi connectivity index (χ0v) is 28.4. The van der Waals surface area contributed by atoms with Crippen LogP contribution in [0, 0.1) is 50.2 Å². The van der Waals surface area contributed by atoms with E-state index in [9.17, 15) is 24.9 Å². The van der Waals surface area contributed by atoms with E-state index in [-0.39, 0.29) is 39.2 Å². The van der Waals surface area contributed by atoms with Crippen molar-refractivity contribution >= 4 is 18.0 Å². The van der Waals surface area contributed by atoms with Gasteiger partial charge in [-0.25, -0.2) is 4.79 Å². The Balaban J connectivity index is 1.29. The average molecular weight is 619 g/mol. The van der Waals surface area contributed by atoms with E-state index in [1.54, 1.807) is 30.3 Å². The molecule has 0 heterocycles. The number of phenols is 1. The molecule has 0 aromatic heterocycles. The third kappa shape index (κ3) is 4.74. The van der Waals surface area contributed by atoms with Gasteiger partial charge in [-0.1, -0.05) is 72.2 Å². The van der Waals surface area contributed by atoms with Gasteiger partial charge < -0.3 is 20.1 Å². The number of rotatable bonds is 4. The molecule has 6 heteroatoms. The van der Waals surface area contributed by atoms with Crippen LogP contribution >= 0.6 is 0 Å². The summed E-state index contributed by atoms with van der Waals surface area (Å²) in [5.41, 5.74) is 0.991. The zero-order valence-electron chi connectivity index (χ0n) is 28.4. The largest absolute Gasteiger partial charge is 0.508 e. The molecule has 9 atom stereocenters. The summed E-state index contributed by atoms with van der Waals surface area (Å²) in [6, 6.07) is 6.62. The number of allylic oxidation sites excluding steroid dienone is 2. The van der Waals surface area contributed by atoms with E-state index in [4.69, 9.17) is 4.74 Å². The molecule has 0 aliphatic heterocycles. The molecule has 0 bridgehead atoms. The van der Waals surface area contributed by atoms with Gasteiger partial charge in [0.25, 0.3) is 0 Å². The molecule has 3 N–H and O–H groups in total. The Kier molecular flexibility index (Phi) is 7.51. The van der Waals surface area contributed by atoms with Crippen LogP contribution in [0.1, 0.15) is 112 Å². The van der Waals surface area contributed by atoms with Crippen molar-refractivity contribution in [3.05, 3.63) is 47.6 Å². The zero-order chi connectivity index (χ0) is 32.8. The van der Waals surface area contributed by atoms with E-state index in [1.165, 1.54) is 11.6 Å². The van der Waals surface area contributed by atoms with Gasteiger partial charge in [0.2, 0.25) is 0 Å². The summed E-state index contributed by atoms with van der Waals surface area (Å²) in [5.74, 6) is -0.230. The molecule has 0 unspecified atom stereocenters. The van der Waals surface area contributed by atoms with Gasteiger partial charge in [0.05, 0.1) is 11.5 Å². The molecule has 0 spiro atoms. The highest BCUT2D eigenvalue weighted by atomic mass is 16.6. The summed E-state index contributed by atoms with van der Waals surface area (Å²) in [6.45, 7) is 16.3. The maximum absolute atomic E-state index is 13.0. The van der Waals surface area contributed by atoms with Crippen molar-refractivity contribution in [1.29, 1.82) is 0 Å². The van der Waals surface area contributed by atoms with Crippen molar-refractivity contribution in [2.45, 2.75) is 118 Å². The maximum Gasteiger partial charge on any atom is 0.331 e. The van der Waals surface area contributed by atoms with Gasteiger partial charge in [0.15, 0.2) is 0 Å². The highest BCUT2D eigenvalue weighted by molar-refractivity contribution is 5.87. The quantitative estimate of drug-likeness (QED) is 0.179. The second-order valence-electron chi connectivity index (χ2n) is 17.6. The van der Waals surface area contributed by atoms with Gasteiger partial charge in [0, 0.05) is 11.5 Å². The fourth-order valence-corrected chi connectivity index (χ4v) is 11.9. The lowest BCUT2D eigenvalue weighted by atomic mass is 9.33. The summed E-state index contributed by atoms with van der Waals surface area (Å²) in [7, 11) is 0. The first-order valence-corrected chi connectivity index (χ1v) is 17.2. The third-order valence-corrected chi connectivity index (χ3v) is 14.5. The Bertz CT molecular complexity index is 1420. The van der Waals surface area contributed by atoms with E-state index >= 15 is 0 Å². The number of benzene rings is 1. The Morgan fingerprint density at radius 3 is 2.22 bits per heavy atom. The second kappa shape index (κ2) is 10.5. The van der Waals surface area contributed by atoms with Gasteiger partial charge in [-0.3, -0.25) is 4.79 Å². The number of phenolic OH excluding ortho intramolecular Hbond substituents is 1. The molecule has 4 saturated carbocycles. The molecule has 45 heavy (non-hydrogen) atoms. The molecule has 0 radical (unpaired) electrons. The molecule has 6 nitrogen and oxygen atoms in total. The molecule has 5 aliphatic rings. The van der Waals surface area contributed by atoms with Crippen molar-refractivity contribution in [1.82, 2.24) is 0 Å². The highest BCUT2D eigenvalue weighted by Crippen LogP contribution is 2.75. The number of esters is 1. The number of ether oxygens (including phenoxy) is 1. The van der Waals surface area contributed by atoms with Crippen LogP contribution < -0.4 is 0 Å². The average Bonchev–Trinajstić information content (AvgIpc) is 2.94. The minimum atomic E-state index is -0.780. The summed E-state index contributed by atoms with van der Waals surface area (Å²) in [6.07, 6.45) is 12.0. The third-order valence-electron chi connectivity index (χ3n) is 14.5. The second-order valence-corrected chi connectivity index (χ2v) is 17.6. The molecule has 1 aromatic carbocycles. The number of hydrogen-bond donors (Lipinski definition) is 3. The first-order valence-electron chi connectivity index (χ1n) is 17.2. The van der Waals surface area contributed by atoms with Crippen LogP contribution in [-0.4, -0.2) is 39.5 Å². The van der Waals surface area contributed by atoms with Gasteiger partial charge in [0.1, 0.15) is 11.9 Å². The number of aliphatic hydroxyl groups is 1. The first kappa shape index (κ1) is 32.3. The van der Waals surface area contributed by atoms with Gasteiger partial charge in [-0.15, -0.1) is 0 Å². The molecule has 4 fully saturated rings. The van der Waals surface area contributed by atoms with Gasteiger partial charge >= 0.3 is 11.9 Å². The Hall–Kier alpha value is -2.60. The number of carbonyl (C=O) groups excluding carboxylic acids is 1. The molecular weight excluding hydrogens is 564 g/mol. The van der Waals surface area contributed by atoms with E-state index in [0.717, 1.165) is 56.9 Å². The normalized spacial score (nSPS) is 43.2. The standard InChI is InChI=1S/C39H54O6/c1-34(2)18-20-39(33(43)44)21-19-37(6)26(27(39)22-34)13-14-30-36(5)23-28(41)32(35(3,4)29(36)16-17-38(30,37)7)45-31(42)15-10-24-8-11-25(40)12-9-24/h8-13,15,27-30,32,40-41H,14,16-23H2,1-7H3,(H,43,44)/b15-10+/t27-,28+,29-,30+,32-,36-,37+,38+,39-/m1/s1. The molecule has 246 valence electrons. The Labute approximate surface area is 269 Å². The monoisotopic (exact) mass is 618 g/mol. The number of carboxylic acids is 1. The SMILES string of the molecule is CC1(C)CC[C@@]2(C(=O)O)CC[C@@]3(C)C(=CC[C@H]4[C@]5(C)C[C@H](O)[C@@H](OC(=O)/C=C/c6ccc(O)cc6)C(C)(C)[C@H]5CC[C@@]43C)[C@H]2C1. The molecular formula is C39H54O6. The van der Waals surface area contributed by atoms with E-state index in [0.29, 0.717) is 12.3 Å². The number of aromatic hydroxyl groups is 1. The maximum atomic E-state index is 13.0. The van der Waals surface area contributed by atoms with Crippen molar-refractivity contribution in [2.24, 2.45) is 50.2 Å². The fourth-order valence-electron chi connectivity index (χ4n) is 11.9. The predicted molar refractivity (Wildman–Crippen MR) is 175 cm³/mol. The topological polar surface area (TPSA) is 104 Å². The summed E-state index contributed by atoms with van der Waals surface area (Å²) < 4.78 is 6.04. The van der Waals surface area contributed by atoms with Crippen LogP contribution in [0.15, 0.2) is 42.0 Å². The van der Waals surface area contributed by atoms with E-state index in [2.05, 4.69) is 54.5 Å². The smallest absolute Gasteiger partial charge is 0.331 e. The number of hydrogen-bond acceptors (Lipinski definition) is 5. The van der Waals surface area contributed by atoms with Crippen LogP contribution in [0.4, 0.5) is 0 Å². The minimum absolute atomic E-state index is 0.0131. The number of fused-ring (bicyclic) bond motifs is 7. The molecule has 5 aliphatic carbocycles. The van der Waals surface area contributed by atoms with Crippen LogP contribution in [0.5, 0.6) is 5.75 Å². The Morgan fingerprint density at radius 1 is 0.889 bits per heavy atom.